The summed E-state index contributed by atoms with van der Waals surface area (Å²) in [5.74, 6) is 0.538. The first-order chi connectivity index (χ1) is 13.5. The summed E-state index contributed by atoms with van der Waals surface area (Å²) >= 11 is 0. The lowest BCUT2D eigenvalue weighted by molar-refractivity contribution is 0.0992. The van der Waals surface area contributed by atoms with Crippen LogP contribution in [-0.4, -0.2) is 24.5 Å². The van der Waals surface area contributed by atoms with Crippen molar-refractivity contribution in [2.75, 3.05) is 16.8 Å². The van der Waals surface area contributed by atoms with Crippen LogP contribution in [0.25, 0.3) is 10.8 Å². The number of ether oxygens (including phenoxy) is 1. The molecule has 0 aromatic heterocycles. The first-order valence-electron chi connectivity index (χ1n) is 9.45. The van der Waals surface area contributed by atoms with Crippen molar-refractivity contribution in [1.29, 1.82) is 0 Å². The molecule has 1 N–H and O–H groups in total. The van der Waals surface area contributed by atoms with Gasteiger partial charge in [0.25, 0.3) is 11.8 Å². The minimum atomic E-state index is -0.200. The number of nitrogens with zero attached hydrogens (tertiary/aromatic N) is 1. The number of nitrogens with one attached hydrogen (secondary N) is 1. The zero-order valence-corrected chi connectivity index (χ0v) is 16.2. The number of benzene rings is 3. The van der Waals surface area contributed by atoms with Gasteiger partial charge in [-0.05, 0) is 63.2 Å². The van der Waals surface area contributed by atoms with Crippen LogP contribution in [0.2, 0.25) is 0 Å². The Morgan fingerprint density at radius 1 is 1.07 bits per heavy atom. The summed E-state index contributed by atoms with van der Waals surface area (Å²) in [5, 5.41) is 4.75. The van der Waals surface area contributed by atoms with Gasteiger partial charge in [-0.1, -0.05) is 12.1 Å². The third-order valence-electron chi connectivity index (χ3n) is 4.84. The molecule has 0 atom stereocenters. The molecule has 5 nitrogen and oxygen atoms in total. The van der Waals surface area contributed by atoms with Gasteiger partial charge in [0.05, 0.1) is 11.8 Å². The van der Waals surface area contributed by atoms with Crippen molar-refractivity contribution in [3.05, 3.63) is 65.7 Å². The second-order valence-corrected chi connectivity index (χ2v) is 7.05. The van der Waals surface area contributed by atoms with Crippen LogP contribution in [0.3, 0.4) is 0 Å². The van der Waals surface area contributed by atoms with Crippen molar-refractivity contribution >= 4 is 34.0 Å². The number of hydrogen-bond donors (Lipinski definition) is 1. The number of anilines is 2. The van der Waals surface area contributed by atoms with E-state index in [-0.39, 0.29) is 17.9 Å². The molecule has 1 heterocycles. The summed E-state index contributed by atoms with van der Waals surface area (Å²) in [4.78, 5) is 27.1. The van der Waals surface area contributed by atoms with Gasteiger partial charge in [0, 0.05) is 34.1 Å². The van der Waals surface area contributed by atoms with E-state index < -0.39 is 0 Å². The molecular formula is C23H22N2O3. The predicted molar refractivity (Wildman–Crippen MR) is 111 cm³/mol. The third-order valence-corrected chi connectivity index (χ3v) is 4.84. The minimum absolute atomic E-state index is 0.00678. The Morgan fingerprint density at radius 2 is 1.82 bits per heavy atom. The predicted octanol–water partition coefficient (Wildman–Crippen LogP) is 4.86. The molecule has 0 spiro atoms. The highest BCUT2D eigenvalue weighted by Gasteiger charge is 2.29. The Bertz CT molecular complexity index is 1070. The summed E-state index contributed by atoms with van der Waals surface area (Å²) in [5.41, 5.74) is 2.82. The van der Waals surface area contributed by atoms with Crippen molar-refractivity contribution in [1.82, 2.24) is 0 Å². The topological polar surface area (TPSA) is 58.6 Å². The van der Waals surface area contributed by atoms with Crippen molar-refractivity contribution in [3.8, 4) is 5.75 Å². The third kappa shape index (κ3) is 2.99. The van der Waals surface area contributed by atoms with Gasteiger partial charge in [0.15, 0.2) is 0 Å². The number of hydrogen-bond acceptors (Lipinski definition) is 3. The number of carbonyl (C=O) groups is 2. The molecule has 5 heteroatoms. The van der Waals surface area contributed by atoms with Crippen molar-refractivity contribution in [2.45, 2.75) is 26.9 Å². The maximum atomic E-state index is 12.7. The summed E-state index contributed by atoms with van der Waals surface area (Å²) in [6, 6.07) is 16.5. The molecule has 0 aliphatic carbocycles. The summed E-state index contributed by atoms with van der Waals surface area (Å²) in [7, 11) is 0. The SMILES string of the molecule is CCN1C(=O)c2cccc3c(NC(=O)c4ccc(OC(C)C)cc4)ccc1c23. The van der Waals surface area contributed by atoms with E-state index in [9.17, 15) is 9.59 Å². The van der Waals surface area contributed by atoms with E-state index in [0.717, 1.165) is 22.2 Å². The fourth-order valence-corrected chi connectivity index (χ4v) is 3.62. The molecular weight excluding hydrogens is 352 g/mol. The molecule has 3 aromatic rings. The first-order valence-corrected chi connectivity index (χ1v) is 9.45. The van der Waals surface area contributed by atoms with Crippen LogP contribution in [0.1, 0.15) is 41.5 Å². The van der Waals surface area contributed by atoms with Crippen LogP contribution < -0.4 is 15.0 Å². The highest BCUT2D eigenvalue weighted by Crippen LogP contribution is 2.40. The van der Waals surface area contributed by atoms with Crippen LogP contribution in [0, 0.1) is 0 Å². The Balaban J connectivity index is 1.65. The van der Waals surface area contributed by atoms with Crippen LogP contribution in [0.5, 0.6) is 5.75 Å². The van der Waals surface area contributed by atoms with E-state index in [2.05, 4.69) is 5.32 Å². The fraction of sp³-hybridized carbons (Fsp3) is 0.217. The van der Waals surface area contributed by atoms with Gasteiger partial charge in [-0.3, -0.25) is 9.59 Å². The van der Waals surface area contributed by atoms with Crippen LogP contribution >= 0.6 is 0 Å². The second kappa shape index (κ2) is 7.00. The average Bonchev–Trinajstić information content (AvgIpc) is 2.97. The van der Waals surface area contributed by atoms with Crippen molar-refractivity contribution in [2.24, 2.45) is 0 Å². The van der Waals surface area contributed by atoms with Gasteiger partial charge < -0.3 is 15.0 Å². The molecule has 2 amide bonds. The molecule has 0 saturated heterocycles. The maximum Gasteiger partial charge on any atom is 0.258 e. The van der Waals surface area contributed by atoms with Crippen molar-refractivity contribution < 1.29 is 14.3 Å². The molecule has 1 aliphatic rings. The number of carbonyl (C=O) groups excluding carboxylic acids is 2. The highest BCUT2D eigenvalue weighted by atomic mass is 16.5. The molecule has 1 aliphatic heterocycles. The molecule has 0 bridgehead atoms. The second-order valence-electron chi connectivity index (χ2n) is 7.05. The van der Waals surface area contributed by atoms with E-state index >= 15 is 0 Å². The van der Waals surface area contributed by atoms with Crippen LogP contribution in [-0.2, 0) is 0 Å². The Labute approximate surface area is 163 Å². The molecule has 0 radical (unpaired) electrons. The van der Waals surface area contributed by atoms with Gasteiger partial charge in [-0.2, -0.15) is 0 Å². The Morgan fingerprint density at radius 3 is 2.50 bits per heavy atom. The van der Waals surface area contributed by atoms with E-state index in [1.54, 1.807) is 29.2 Å². The lowest BCUT2D eigenvalue weighted by Crippen LogP contribution is -2.25. The van der Waals surface area contributed by atoms with Crippen LogP contribution in [0.15, 0.2) is 54.6 Å². The summed E-state index contributed by atoms with van der Waals surface area (Å²) in [6.45, 7) is 6.48. The van der Waals surface area contributed by atoms with Gasteiger partial charge >= 0.3 is 0 Å². The minimum Gasteiger partial charge on any atom is -0.491 e. The van der Waals surface area contributed by atoms with Crippen molar-refractivity contribution in [3.63, 3.8) is 0 Å². The molecule has 3 aromatic carbocycles. The molecule has 28 heavy (non-hydrogen) atoms. The van der Waals surface area contributed by atoms with E-state index in [4.69, 9.17) is 4.74 Å². The number of amides is 2. The Hall–Kier alpha value is -3.34. The summed E-state index contributed by atoms with van der Waals surface area (Å²) < 4.78 is 5.62. The number of rotatable bonds is 5. The zero-order chi connectivity index (χ0) is 19.8. The lowest BCUT2D eigenvalue weighted by Gasteiger charge is -2.15. The van der Waals surface area contributed by atoms with Gasteiger partial charge in [-0.25, -0.2) is 0 Å². The summed E-state index contributed by atoms with van der Waals surface area (Å²) in [6.07, 6.45) is 0.0821. The van der Waals surface area contributed by atoms with Crippen LogP contribution in [0.4, 0.5) is 11.4 Å². The van der Waals surface area contributed by atoms with Gasteiger partial charge in [-0.15, -0.1) is 0 Å². The van der Waals surface area contributed by atoms with Gasteiger partial charge in [0.1, 0.15) is 5.75 Å². The Kier molecular flexibility index (Phi) is 4.51. The van der Waals surface area contributed by atoms with Gasteiger partial charge in [0.2, 0.25) is 0 Å². The smallest absolute Gasteiger partial charge is 0.258 e. The molecule has 142 valence electrons. The lowest BCUT2D eigenvalue weighted by atomic mass is 10.0. The maximum absolute atomic E-state index is 12.7. The largest absolute Gasteiger partial charge is 0.491 e. The highest BCUT2D eigenvalue weighted by molar-refractivity contribution is 6.27. The monoisotopic (exact) mass is 374 g/mol. The fourth-order valence-electron chi connectivity index (χ4n) is 3.62. The van der Waals surface area contributed by atoms with E-state index in [1.807, 2.05) is 51.1 Å². The molecule has 0 unspecified atom stereocenters. The molecule has 0 fully saturated rings. The van der Waals surface area contributed by atoms with E-state index in [0.29, 0.717) is 23.4 Å². The molecule has 4 rings (SSSR count). The normalized spacial score (nSPS) is 12.7. The standard InChI is InChI=1S/C23H22N2O3/c1-4-25-20-13-12-19(17-6-5-7-18(21(17)20)23(25)27)24-22(26)15-8-10-16(11-9-15)28-14(2)3/h5-14H,4H2,1-3H3,(H,24,26). The average molecular weight is 374 g/mol. The quantitative estimate of drug-likeness (QED) is 0.694. The zero-order valence-electron chi connectivity index (χ0n) is 16.2. The molecule has 0 saturated carbocycles. The first kappa shape index (κ1) is 18.0. The van der Waals surface area contributed by atoms with E-state index in [1.165, 1.54) is 0 Å².